The van der Waals surface area contributed by atoms with Crippen LogP contribution in [-0.4, -0.2) is 67.8 Å². The van der Waals surface area contributed by atoms with Crippen molar-refractivity contribution >= 4 is 69.5 Å². The molecule has 0 aliphatic carbocycles. The van der Waals surface area contributed by atoms with Gasteiger partial charge in [-0.2, -0.15) is 0 Å². The summed E-state index contributed by atoms with van der Waals surface area (Å²) in [5, 5.41) is 5.34. The summed E-state index contributed by atoms with van der Waals surface area (Å²) < 4.78 is 23.5. The Morgan fingerprint density at radius 1 is 0.951 bits per heavy atom. The minimum atomic E-state index is -1.69. The lowest BCUT2D eigenvalue weighted by molar-refractivity contribution is -0.146. The number of carbonyl (C=O) groups excluding carboxylic acids is 4. The molecule has 1 unspecified atom stereocenters. The first-order valence-corrected chi connectivity index (χ1v) is 15.5. The predicted octanol–water partition coefficient (Wildman–Crippen LogP) is 4.06. The molecule has 236 valence electrons. The van der Waals surface area contributed by atoms with Crippen LogP contribution in [0.4, 0.5) is 0 Å². The summed E-state index contributed by atoms with van der Waals surface area (Å²) in [6, 6.07) is -2.42. The highest BCUT2D eigenvalue weighted by atomic mass is 35.6. The van der Waals surface area contributed by atoms with Crippen LogP contribution in [0.25, 0.3) is 0 Å². The summed E-state index contributed by atoms with van der Waals surface area (Å²) in [6.07, 6.45) is 5.64. The molecule has 3 N–H and O–H groups in total. The molecule has 10 nitrogen and oxygen atoms in total. The molecular formula is C27H44Cl3N3O7S. The summed E-state index contributed by atoms with van der Waals surface area (Å²) in [6.45, 7) is 15.2. The van der Waals surface area contributed by atoms with Crippen LogP contribution in [0.3, 0.4) is 0 Å². The van der Waals surface area contributed by atoms with Gasteiger partial charge in [0.2, 0.25) is 15.6 Å². The Labute approximate surface area is 261 Å². The van der Waals surface area contributed by atoms with Crippen LogP contribution in [0.15, 0.2) is 24.8 Å². The standard InChI is InChI=1S/C27H44Cl3N3O7S/c1-9-15-39-25(37)19(5)31-24(36)22(17(2)3)32-23(35)18(4)20(33-41(38)26(6,7)8)13-11-10-12-14-21(34)40-16-27(28,29)30/h9-11,17-20,22,33H,1,12-16H2,2-8H3,(H,31,36)(H,32,35)/b11-10-/t18-,19+,20+,22+,41?/m0/s1. The van der Waals surface area contributed by atoms with E-state index in [0.29, 0.717) is 12.8 Å². The summed E-state index contributed by atoms with van der Waals surface area (Å²) in [5.74, 6) is -3.12. The number of amides is 2. The van der Waals surface area contributed by atoms with E-state index >= 15 is 0 Å². The second-order valence-corrected chi connectivity index (χ2v) is 15.3. The van der Waals surface area contributed by atoms with E-state index in [4.69, 9.17) is 44.3 Å². The largest absolute Gasteiger partial charge is 0.461 e. The van der Waals surface area contributed by atoms with Gasteiger partial charge in [0.05, 0.1) is 21.7 Å². The Bertz CT molecular complexity index is 949. The van der Waals surface area contributed by atoms with Gasteiger partial charge in [0, 0.05) is 12.5 Å². The van der Waals surface area contributed by atoms with E-state index in [0.717, 1.165) is 0 Å². The quantitative estimate of drug-likeness (QED) is 0.121. The molecule has 14 heteroatoms. The fourth-order valence-corrected chi connectivity index (χ4v) is 4.19. The molecule has 0 aromatic rings. The molecular weight excluding hydrogens is 617 g/mol. The van der Waals surface area contributed by atoms with Crippen LogP contribution in [0, 0.1) is 11.8 Å². The lowest BCUT2D eigenvalue weighted by Crippen LogP contribution is -2.56. The maximum atomic E-state index is 13.3. The van der Waals surface area contributed by atoms with Gasteiger partial charge in [-0.15, -0.1) is 0 Å². The minimum absolute atomic E-state index is 0.0144. The molecule has 0 aromatic carbocycles. The van der Waals surface area contributed by atoms with E-state index < -0.39 is 67.3 Å². The molecule has 0 fully saturated rings. The third kappa shape index (κ3) is 17.1. The second kappa shape index (κ2) is 18.8. The van der Waals surface area contributed by atoms with Gasteiger partial charge in [-0.05, 0) is 46.5 Å². The number of ether oxygens (including phenoxy) is 2. The first-order valence-electron chi connectivity index (χ1n) is 13.2. The average molecular weight is 661 g/mol. The topological polar surface area (TPSA) is 140 Å². The number of halogens is 3. The van der Waals surface area contributed by atoms with Crippen LogP contribution < -0.4 is 15.4 Å². The number of allylic oxidation sites excluding steroid dienone is 1. The number of hydrogen-bond acceptors (Lipinski definition) is 7. The third-order valence-electron chi connectivity index (χ3n) is 5.60. The fourth-order valence-electron chi connectivity index (χ4n) is 3.10. The molecule has 0 aliphatic heterocycles. The summed E-state index contributed by atoms with van der Waals surface area (Å²) in [7, 11) is -1.49. The van der Waals surface area contributed by atoms with E-state index in [2.05, 4.69) is 21.9 Å². The van der Waals surface area contributed by atoms with Crippen molar-refractivity contribution < 1.29 is 32.9 Å². The van der Waals surface area contributed by atoms with Gasteiger partial charge in [-0.25, -0.2) is 13.7 Å². The Morgan fingerprint density at radius 3 is 2.07 bits per heavy atom. The van der Waals surface area contributed by atoms with Crippen molar-refractivity contribution in [3.63, 3.8) is 0 Å². The molecule has 41 heavy (non-hydrogen) atoms. The lowest BCUT2D eigenvalue weighted by atomic mass is 9.96. The second-order valence-electron chi connectivity index (χ2n) is 10.8. The zero-order valence-corrected chi connectivity index (χ0v) is 27.8. The normalized spacial score (nSPS) is 15.9. The predicted molar refractivity (Wildman–Crippen MR) is 164 cm³/mol. The molecule has 2 amide bonds. The van der Waals surface area contributed by atoms with Gasteiger partial charge in [-0.1, -0.05) is 80.4 Å². The highest BCUT2D eigenvalue weighted by Gasteiger charge is 2.33. The maximum Gasteiger partial charge on any atom is 0.328 e. The zero-order valence-electron chi connectivity index (χ0n) is 24.8. The molecule has 0 saturated carbocycles. The zero-order chi connectivity index (χ0) is 32.0. The van der Waals surface area contributed by atoms with Crippen LogP contribution in [-0.2, 0) is 39.6 Å². The number of rotatable bonds is 17. The Morgan fingerprint density at radius 2 is 1.56 bits per heavy atom. The number of hydrogen-bond donors (Lipinski definition) is 3. The SMILES string of the molecule is C=CCOC(=O)[C@@H](C)NC(=O)[C@H](NC(=O)[C@@H](C)[C@@H](C/C=C\CCC(=O)OCC(Cl)(Cl)Cl)NS(=O)C(C)(C)C)C(C)C. The van der Waals surface area contributed by atoms with Gasteiger partial charge >= 0.3 is 11.9 Å². The Kier molecular flexibility index (Phi) is 18.0. The van der Waals surface area contributed by atoms with Crippen molar-refractivity contribution in [2.24, 2.45) is 11.8 Å². The fraction of sp³-hybridized carbons (Fsp3) is 0.704. The monoisotopic (exact) mass is 659 g/mol. The van der Waals surface area contributed by atoms with E-state index in [-0.39, 0.29) is 25.6 Å². The maximum absolute atomic E-state index is 13.3. The lowest BCUT2D eigenvalue weighted by Gasteiger charge is -2.29. The van der Waals surface area contributed by atoms with Crippen molar-refractivity contribution in [1.29, 1.82) is 0 Å². The number of alkyl halides is 3. The van der Waals surface area contributed by atoms with E-state index in [1.165, 1.54) is 13.0 Å². The number of nitrogens with one attached hydrogen (secondary N) is 3. The molecule has 0 bridgehead atoms. The highest BCUT2D eigenvalue weighted by Crippen LogP contribution is 2.26. The Hall–Kier alpha value is -1.66. The molecule has 0 rings (SSSR count). The minimum Gasteiger partial charge on any atom is -0.461 e. The number of esters is 2. The smallest absolute Gasteiger partial charge is 0.328 e. The van der Waals surface area contributed by atoms with Gasteiger partial charge in [0.15, 0.2) is 0 Å². The first kappa shape index (κ1) is 39.3. The van der Waals surface area contributed by atoms with E-state index in [1.807, 2.05) is 0 Å². The molecule has 0 radical (unpaired) electrons. The summed E-state index contributed by atoms with van der Waals surface area (Å²) >= 11 is 16.7. The average Bonchev–Trinajstić information content (AvgIpc) is 2.86. The summed E-state index contributed by atoms with van der Waals surface area (Å²) in [4.78, 5) is 50.0. The molecule has 0 heterocycles. The Balaban J connectivity index is 5.42. The highest BCUT2D eigenvalue weighted by molar-refractivity contribution is 7.84. The van der Waals surface area contributed by atoms with E-state index in [1.54, 1.807) is 53.7 Å². The molecule has 5 atom stereocenters. The van der Waals surface area contributed by atoms with Crippen molar-refractivity contribution in [2.75, 3.05) is 13.2 Å². The van der Waals surface area contributed by atoms with Gasteiger partial charge in [-0.3, -0.25) is 14.4 Å². The van der Waals surface area contributed by atoms with Crippen molar-refractivity contribution in [3.8, 4) is 0 Å². The number of carbonyl (C=O) groups is 4. The molecule has 0 saturated heterocycles. The van der Waals surface area contributed by atoms with Crippen molar-refractivity contribution in [3.05, 3.63) is 24.8 Å². The van der Waals surface area contributed by atoms with E-state index in [9.17, 15) is 23.4 Å². The van der Waals surface area contributed by atoms with Crippen LogP contribution in [0.5, 0.6) is 0 Å². The van der Waals surface area contributed by atoms with Crippen molar-refractivity contribution in [2.45, 2.75) is 94.4 Å². The van der Waals surface area contributed by atoms with Crippen LogP contribution >= 0.6 is 34.8 Å². The van der Waals surface area contributed by atoms with Crippen LogP contribution in [0.1, 0.15) is 67.7 Å². The molecule has 0 spiro atoms. The van der Waals surface area contributed by atoms with Crippen LogP contribution in [0.2, 0.25) is 0 Å². The third-order valence-corrected chi connectivity index (χ3v) is 7.56. The molecule has 0 aromatic heterocycles. The van der Waals surface area contributed by atoms with Gasteiger partial charge in [0.25, 0.3) is 0 Å². The van der Waals surface area contributed by atoms with Gasteiger partial charge in [0.1, 0.15) is 25.3 Å². The first-order chi connectivity index (χ1) is 18.8. The van der Waals surface area contributed by atoms with Gasteiger partial charge < -0.3 is 20.1 Å². The summed E-state index contributed by atoms with van der Waals surface area (Å²) in [5.41, 5.74) is 0. The van der Waals surface area contributed by atoms with Crippen molar-refractivity contribution in [1.82, 2.24) is 15.4 Å². The molecule has 0 aliphatic rings.